The van der Waals surface area contributed by atoms with E-state index in [0.29, 0.717) is 0 Å². The Labute approximate surface area is 66.2 Å². The van der Waals surface area contributed by atoms with Gasteiger partial charge in [-0.1, -0.05) is 4.89 Å². The average Bonchev–Trinajstić information content (AvgIpc) is 1.88. The van der Waals surface area contributed by atoms with Crippen LogP contribution >= 0.6 is 0 Å². The first-order valence-corrected chi connectivity index (χ1v) is 4.24. The summed E-state index contributed by atoms with van der Waals surface area (Å²) in [6, 6.07) is 0. The molecule has 0 radical (unpaired) electrons. The maximum Gasteiger partial charge on any atom is 0.301 e. The van der Waals surface area contributed by atoms with Crippen molar-refractivity contribution in [3.63, 3.8) is 0 Å². The van der Waals surface area contributed by atoms with E-state index in [0.717, 1.165) is 4.31 Å². The van der Waals surface area contributed by atoms with E-state index in [9.17, 15) is 8.42 Å². The van der Waals surface area contributed by atoms with E-state index in [4.69, 9.17) is 0 Å². The predicted molar refractivity (Wildman–Crippen MR) is 38.7 cm³/mol. The lowest BCUT2D eigenvalue weighted by Gasteiger charge is -2.11. The van der Waals surface area contributed by atoms with Crippen LogP contribution in [0.3, 0.4) is 0 Å². The van der Waals surface area contributed by atoms with E-state index in [2.05, 4.69) is 9.57 Å². The molecule has 0 aliphatic carbocycles. The molecule has 0 aromatic rings. The Morgan fingerprint density at radius 1 is 1.45 bits per heavy atom. The first kappa shape index (κ1) is 10.8. The van der Waals surface area contributed by atoms with Crippen LogP contribution in [0.15, 0.2) is 0 Å². The van der Waals surface area contributed by atoms with Crippen LogP contribution in [0, 0.1) is 0 Å². The third-order valence-electron chi connectivity index (χ3n) is 0.822. The molecule has 1 N–H and O–H groups in total. The molecular formula is C4H12N2O4S. The largest absolute Gasteiger partial charge is 0.357 e. The SMILES string of the molecule is COCONS(=O)(=O)N(C)C. The molecule has 0 rings (SSSR count). The summed E-state index contributed by atoms with van der Waals surface area (Å²) < 4.78 is 27.1. The summed E-state index contributed by atoms with van der Waals surface area (Å²) in [5.74, 6) is 0. The molecule has 0 saturated carbocycles. The lowest BCUT2D eigenvalue weighted by Crippen LogP contribution is -2.35. The Hall–Kier alpha value is -0.210. The van der Waals surface area contributed by atoms with Crippen molar-refractivity contribution in [2.45, 2.75) is 0 Å². The topological polar surface area (TPSA) is 67.9 Å². The molecule has 0 amide bonds. The number of hydrogen-bond donors (Lipinski definition) is 1. The van der Waals surface area contributed by atoms with Gasteiger partial charge in [-0.2, -0.15) is 12.7 Å². The standard InChI is InChI=1S/C4H12N2O4S/c1-6(2)11(7,8)5-10-4-9-3/h5H,4H2,1-3H3. The highest BCUT2D eigenvalue weighted by atomic mass is 32.2. The first-order valence-electron chi connectivity index (χ1n) is 2.80. The normalized spacial score (nSPS) is 12.4. The second kappa shape index (κ2) is 4.62. The third kappa shape index (κ3) is 4.27. The quantitative estimate of drug-likeness (QED) is 0.335. The van der Waals surface area contributed by atoms with Crippen molar-refractivity contribution in [1.29, 1.82) is 0 Å². The fraction of sp³-hybridized carbons (Fsp3) is 1.00. The zero-order valence-electron chi connectivity index (χ0n) is 6.70. The van der Waals surface area contributed by atoms with Crippen molar-refractivity contribution in [2.24, 2.45) is 0 Å². The smallest absolute Gasteiger partial charge is 0.301 e. The summed E-state index contributed by atoms with van der Waals surface area (Å²) in [6.07, 6.45) is 0. The number of methoxy groups -OCH3 is 1. The van der Waals surface area contributed by atoms with Crippen LogP contribution in [0.25, 0.3) is 0 Å². The monoisotopic (exact) mass is 184 g/mol. The number of hydrogen-bond acceptors (Lipinski definition) is 4. The van der Waals surface area contributed by atoms with Crippen LogP contribution < -0.4 is 4.89 Å². The van der Waals surface area contributed by atoms with Gasteiger partial charge in [-0.15, -0.1) is 0 Å². The van der Waals surface area contributed by atoms with Gasteiger partial charge in [0, 0.05) is 21.2 Å². The molecule has 0 unspecified atom stereocenters. The molecule has 0 heterocycles. The molecule has 0 atom stereocenters. The van der Waals surface area contributed by atoms with E-state index in [1.54, 1.807) is 0 Å². The Kier molecular flexibility index (Phi) is 4.54. The molecule has 0 spiro atoms. The van der Waals surface area contributed by atoms with Gasteiger partial charge in [-0.05, 0) is 0 Å². The molecule has 6 nitrogen and oxygen atoms in total. The van der Waals surface area contributed by atoms with E-state index in [1.165, 1.54) is 21.2 Å². The maximum atomic E-state index is 10.8. The summed E-state index contributed by atoms with van der Waals surface area (Å²) in [5, 5.41) is 0. The lowest BCUT2D eigenvalue weighted by molar-refractivity contribution is -0.0553. The Bertz CT molecular complexity index is 188. The number of rotatable bonds is 5. The van der Waals surface area contributed by atoms with Crippen LogP contribution in [-0.2, 0) is 19.8 Å². The average molecular weight is 184 g/mol. The molecule has 0 saturated heterocycles. The molecule has 11 heavy (non-hydrogen) atoms. The van der Waals surface area contributed by atoms with Crippen molar-refractivity contribution in [2.75, 3.05) is 28.0 Å². The predicted octanol–water partition coefficient (Wildman–Crippen LogP) is -1.08. The highest BCUT2D eigenvalue weighted by Gasteiger charge is 2.11. The van der Waals surface area contributed by atoms with Gasteiger partial charge in [0.25, 0.3) is 0 Å². The zero-order chi connectivity index (χ0) is 8.91. The van der Waals surface area contributed by atoms with Gasteiger partial charge in [-0.3, -0.25) is 4.84 Å². The minimum Gasteiger partial charge on any atom is -0.357 e. The molecule has 0 aliphatic heterocycles. The Morgan fingerprint density at radius 2 is 2.00 bits per heavy atom. The zero-order valence-corrected chi connectivity index (χ0v) is 7.51. The first-order chi connectivity index (χ1) is 5.00. The van der Waals surface area contributed by atoms with Crippen LogP contribution in [0.1, 0.15) is 0 Å². The van der Waals surface area contributed by atoms with Crippen LogP contribution in [0.4, 0.5) is 0 Å². The minimum atomic E-state index is -3.49. The molecule has 0 fully saturated rings. The van der Waals surface area contributed by atoms with E-state index in [-0.39, 0.29) is 6.79 Å². The van der Waals surface area contributed by atoms with E-state index in [1.807, 2.05) is 4.89 Å². The van der Waals surface area contributed by atoms with Crippen molar-refractivity contribution in [1.82, 2.24) is 9.19 Å². The number of nitrogens with zero attached hydrogens (tertiary/aromatic N) is 1. The lowest BCUT2D eigenvalue weighted by atomic mass is 11.3. The van der Waals surface area contributed by atoms with Gasteiger partial charge in [0.05, 0.1) is 0 Å². The van der Waals surface area contributed by atoms with Gasteiger partial charge in [0.1, 0.15) is 0 Å². The van der Waals surface area contributed by atoms with Crippen molar-refractivity contribution in [3.8, 4) is 0 Å². The van der Waals surface area contributed by atoms with Gasteiger partial charge in [-0.25, -0.2) is 0 Å². The second-order valence-corrected chi connectivity index (χ2v) is 3.77. The highest BCUT2D eigenvalue weighted by Crippen LogP contribution is 1.86. The van der Waals surface area contributed by atoms with Crippen molar-refractivity contribution >= 4 is 10.2 Å². The molecule has 0 aromatic heterocycles. The van der Waals surface area contributed by atoms with Gasteiger partial charge >= 0.3 is 10.2 Å². The van der Waals surface area contributed by atoms with Gasteiger partial charge in [0.15, 0.2) is 6.79 Å². The summed E-state index contributed by atoms with van der Waals surface area (Å²) >= 11 is 0. The Morgan fingerprint density at radius 3 is 2.36 bits per heavy atom. The summed E-state index contributed by atoms with van der Waals surface area (Å²) in [4.78, 5) is 6.24. The van der Waals surface area contributed by atoms with Crippen LogP contribution in [-0.4, -0.2) is 40.7 Å². The van der Waals surface area contributed by atoms with Crippen LogP contribution in [0.2, 0.25) is 0 Å². The molecule has 68 valence electrons. The second-order valence-electron chi connectivity index (χ2n) is 1.92. The minimum absolute atomic E-state index is 0.118. The van der Waals surface area contributed by atoms with Crippen LogP contribution in [0.5, 0.6) is 0 Å². The molecule has 0 aliphatic rings. The third-order valence-corrected chi connectivity index (χ3v) is 2.11. The highest BCUT2D eigenvalue weighted by molar-refractivity contribution is 7.86. The van der Waals surface area contributed by atoms with Crippen molar-refractivity contribution in [3.05, 3.63) is 0 Å². The number of nitrogens with one attached hydrogen (secondary N) is 1. The van der Waals surface area contributed by atoms with E-state index >= 15 is 0 Å². The summed E-state index contributed by atoms with van der Waals surface area (Å²) in [5.41, 5.74) is 0. The fourth-order valence-corrected chi connectivity index (χ4v) is 0.578. The fourth-order valence-electron chi connectivity index (χ4n) is 0.232. The Balaban J connectivity index is 3.75. The molecule has 0 aromatic carbocycles. The molecule has 7 heteroatoms. The van der Waals surface area contributed by atoms with Gasteiger partial charge in [0.2, 0.25) is 0 Å². The summed E-state index contributed by atoms with van der Waals surface area (Å²) in [6.45, 7) is -0.118. The van der Waals surface area contributed by atoms with Crippen molar-refractivity contribution < 1.29 is 18.0 Å². The number of ether oxygens (including phenoxy) is 1. The molecular weight excluding hydrogens is 172 g/mol. The maximum absolute atomic E-state index is 10.8. The molecule has 0 bridgehead atoms. The summed E-state index contributed by atoms with van der Waals surface area (Å²) in [7, 11) is 0.678. The van der Waals surface area contributed by atoms with Gasteiger partial charge < -0.3 is 4.74 Å². The van der Waals surface area contributed by atoms with E-state index < -0.39 is 10.2 Å².